The molecule has 0 radical (unpaired) electrons. The third-order valence-corrected chi connectivity index (χ3v) is 13.7. The molecule has 0 aliphatic carbocycles. The second-order valence-electron chi connectivity index (χ2n) is 6.22. The van der Waals surface area contributed by atoms with Crippen molar-refractivity contribution in [3.8, 4) is 0 Å². The van der Waals surface area contributed by atoms with Crippen molar-refractivity contribution in [3.05, 3.63) is 0 Å². The van der Waals surface area contributed by atoms with Crippen molar-refractivity contribution < 1.29 is 13.3 Å². The molecule has 0 N–H and O–H groups in total. The van der Waals surface area contributed by atoms with Gasteiger partial charge < -0.3 is 17.5 Å². The maximum Gasteiger partial charge on any atom is 0.513 e. The van der Waals surface area contributed by atoms with Gasteiger partial charge in [0.25, 0.3) is 0 Å². The van der Waals surface area contributed by atoms with Crippen molar-refractivity contribution in [2.45, 2.75) is 39.3 Å². The van der Waals surface area contributed by atoms with E-state index in [0.29, 0.717) is 0 Å². The predicted octanol–water partition coefficient (Wildman–Crippen LogP) is 2.38. The average molecular weight is 296 g/mol. The molecule has 0 atom stereocenters. The van der Waals surface area contributed by atoms with Crippen LogP contribution in [0, 0.1) is 0 Å². The number of hydrogen-bond donors (Lipinski definition) is 0. The lowest BCUT2D eigenvalue weighted by Gasteiger charge is -2.46. The lowest BCUT2D eigenvalue weighted by Crippen LogP contribution is -2.66. The van der Waals surface area contributed by atoms with Gasteiger partial charge in [0.1, 0.15) is 16.5 Å². The van der Waals surface area contributed by atoms with Gasteiger partial charge >= 0.3 is 8.80 Å². The Kier molecular flexibility index (Phi) is 6.27. The summed E-state index contributed by atoms with van der Waals surface area (Å²) in [5, 5.41) is 0. The summed E-state index contributed by atoms with van der Waals surface area (Å²) < 4.78 is 19.3. The molecular formula is C10H29NO3Si3. The molecular weight excluding hydrogens is 266 g/mol. The van der Waals surface area contributed by atoms with Gasteiger partial charge in [0.2, 0.25) is 0 Å². The highest BCUT2D eigenvalue weighted by molar-refractivity contribution is 6.90. The van der Waals surface area contributed by atoms with E-state index < -0.39 is 25.3 Å². The largest absolute Gasteiger partial charge is 0.513 e. The minimum absolute atomic E-state index is 0.807. The standard InChI is InChI=1S/C10H29NO3Si3/c1-12-17(13-2,14-3)10-11(15(4,5)6)16(7,8)9/h10H2,1-9H3. The Morgan fingerprint density at radius 2 is 1.00 bits per heavy atom. The molecule has 104 valence electrons. The van der Waals surface area contributed by atoms with Gasteiger partial charge in [-0.2, -0.15) is 0 Å². The van der Waals surface area contributed by atoms with Gasteiger partial charge in [-0.1, -0.05) is 39.3 Å². The normalized spacial score (nSPS) is 14.5. The fraction of sp³-hybridized carbons (Fsp3) is 1.00. The molecule has 0 amide bonds. The molecule has 0 aromatic carbocycles. The van der Waals surface area contributed by atoms with Crippen molar-refractivity contribution in [2.24, 2.45) is 0 Å². The van der Waals surface area contributed by atoms with Crippen LogP contribution >= 0.6 is 0 Å². The Hall–Kier alpha value is 0.491. The predicted molar refractivity (Wildman–Crippen MR) is 80.2 cm³/mol. The summed E-state index contributed by atoms with van der Waals surface area (Å²) in [6, 6.07) is 0. The molecule has 7 heteroatoms. The second-order valence-corrected chi connectivity index (χ2v) is 19.3. The lowest BCUT2D eigenvalue weighted by molar-refractivity contribution is 0.118. The summed E-state index contributed by atoms with van der Waals surface area (Å²) in [6.07, 6.45) is 0.807. The summed E-state index contributed by atoms with van der Waals surface area (Å²) in [5.41, 5.74) is 0. The van der Waals surface area contributed by atoms with Crippen LogP contribution in [-0.2, 0) is 13.3 Å². The van der Waals surface area contributed by atoms with Crippen LogP contribution in [0.15, 0.2) is 0 Å². The summed E-state index contributed by atoms with van der Waals surface area (Å²) in [7, 11) is -0.227. The average Bonchev–Trinajstić information content (AvgIpc) is 2.17. The third kappa shape index (κ3) is 4.93. The van der Waals surface area contributed by atoms with Gasteiger partial charge in [-0.15, -0.1) is 0 Å². The first-order valence-corrected chi connectivity index (χ1v) is 14.8. The Labute approximate surface area is 110 Å². The zero-order valence-corrected chi connectivity index (χ0v) is 15.9. The molecule has 17 heavy (non-hydrogen) atoms. The fourth-order valence-electron chi connectivity index (χ4n) is 2.12. The zero-order chi connectivity index (χ0) is 13.9. The molecule has 0 bridgehead atoms. The molecule has 0 aliphatic rings. The number of rotatable bonds is 7. The molecule has 0 saturated carbocycles. The molecule has 0 aromatic heterocycles. The van der Waals surface area contributed by atoms with E-state index in [-0.39, 0.29) is 0 Å². The van der Waals surface area contributed by atoms with E-state index in [1.807, 2.05) is 0 Å². The second kappa shape index (κ2) is 6.09. The van der Waals surface area contributed by atoms with Crippen LogP contribution in [0.1, 0.15) is 0 Å². The summed E-state index contributed by atoms with van der Waals surface area (Å²) >= 11 is 0. The van der Waals surface area contributed by atoms with Crippen molar-refractivity contribution in [2.75, 3.05) is 27.5 Å². The number of hydrogen-bond acceptors (Lipinski definition) is 4. The number of nitrogens with zero attached hydrogens (tertiary/aromatic N) is 1. The Morgan fingerprint density at radius 1 is 0.706 bits per heavy atom. The van der Waals surface area contributed by atoms with Gasteiger partial charge in [0.15, 0.2) is 0 Å². The van der Waals surface area contributed by atoms with E-state index in [1.165, 1.54) is 0 Å². The highest BCUT2D eigenvalue weighted by atomic mass is 28.4. The van der Waals surface area contributed by atoms with Crippen LogP contribution in [-0.4, -0.2) is 57.0 Å². The quantitative estimate of drug-likeness (QED) is 0.675. The molecule has 4 nitrogen and oxygen atoms in total. The molecule has 0 fully saturated rings. The first kappa shape index (κ1) is 17.5. The van der Waals surface area contributed by atoms with Crippen molar-refractivity contribution >= 4 is 25.3 Å². The fourth-order valence-corrected chi connectivity index (χ4v) is 16.4. The molecule has 0 aliphatic heterocycles. The molecule has 0 rings (SSSR count). The van der Waals surface area contributed by atoms with Crippen LogP contribution in [0.5, 0.6) is 0 Å². The first-order valence-electron chi connectivity index (χ1n) is 5.95. The van der Waals surface area contributed by atoms with Gasteiger partial charge in [-0.3, -0.25) is 0 Å². The molecule has 0 spiro atoms. The zero-order valence-electron chi connectivity index (χ0n) is 12.9. The Bertz CT molecular complexity index is 212. The summed E-state index contributed by atoms with van der Waals surface area (Å²) in [4.78, 5) is 0. The lowest BCUT2D eigenvalue weighted by atomic mass is 11.5. The van der Waals surface area contributed by atoms with Gasteiger partial charge in [0.05, 0.1) is 6.17 Å². The van der Waals surface area contributed by atoms with Gasteiger partial charge in [-0.25, -0.2) is 0 Å². The van der Waals surface area contributed by atoms with Crippen molar-refractivity contribution in [1.29, 1.82) is 0 Å². The molecule has 0 aromatic rings. The minimum atomic E-state index is -2.50. The van der Waals surface area contributed by atoms with Gasteiger partial charge in [-0.05, 0) is 0 Å². The van der Waals surface area contributed by atoms with Crippen LogP contribution in [0.3, 0.4) is 0 Å². The van der Waals surface area contributed by atoms with Crippen LogP contribution < -0.4 is 0 Å². The Morgan fingerprint density at radius 3 is 1.18 bits per heavy atom. The molecule has 0 heterocycles. The van der Waals surface area contributed by atoms with E-state index >= 15 is 0 Å². The maximum atomic E-state index is 5.55. The van der Waals surface area contributed by atoms with E-state index in [1.54, 1.807) is 21.3 Å². The summed E-state index contributed by atoms with van der Waals surface area (Å²) in [6.45, 7) is 14.2. The van der Waals surface area contributed by atoms with E-state index in [0.717, 1.165) is 6.17 Å². The van der Waals surface area contributed by atoms with Crippen LogP contribution in [0.25, 0.3) is 0 Å². The van der Waals surface area contributed by atoms with Crippen molar-refractivity contribution in [1.82, 2.24) is 4.23 Å². The molecule has 0 saturated heterocycles. The van der Waals surface area contributed by atoms with E-state index in [9.17, 15) is 0 Å². The minimum Gasteiger partial charge on any atom is -0.376 e. The SMILES string of the molecule is CO[Si](CN([Si](C)(C)C)[Si](C)(C)C)(OC)OC. The smallest absolute Gasteiger partial charge is 0.376 e. The Balaban J connectivity index is 5.12. The van der Waals surface area contributed by atoms with Crippen LogP contribution in [0.4, 0.5) is 0 Å². The van der Waals surface area contributed by atoms with Gasteiger partial charge in [0, 0.05) is 21.3 Å². The monoisotopic (exact) mass is 295 g/mol. The highest BCUT2D eigenvalue weighted by Gasteiger charge is 2.46. The maximum absolute atomic E-state index is 5.55. The third-order valence-electron chi connectivity index (χ3n) is 2.90. The molecule has 0 unspecified atom stereocenters. The summed E-state index contributed by atoms with van der Waals surface area (Å²) in [5.74, 6) is 0. The first-order chi connectivity index (χ1) is 7.52. The van der Waals surface area contributed by atoms with Crippen LogP contribution in [0.2, 0.25) is 39.3 Å². The highest BCUT2D eigenvalue weighted by Crippen LogP contribution is 2.23. The topological polar surface area (TPSA) is 30.9 Å². The van der Waals surface area contributed by atoms with E-state index in [4.69, 9.17) is 13.3 Å². The van der Waals surface area contributed by atoms with Crippen molar-refractivity contribution in [3.63, 3.8) is 0 Å². The van der Waals surface area contributed by atoms with E-state index in [2.05, 4.69) is 43.5 Å².